The van der Waals surface area contributed by atoms with E-state index in [0.29, 0.717) is 18.2 Å². The van der Waals surface area contributed by atoms with Gasteiger partial charge in [-0.05, 0) is 43.4 Å². The van der Waals surface area contributed by atoms with E-state index in [-0.39, 0.29) is 0 Å². The molecule has 1 aromatic carbocycles. The fourth-order valence-corrected chi connectivity index (χ4v) is 3.05. The molecule has 0 radical (unpaired) electrons. The van der Waals surface area contributed by atoms with E-state index < -0.39 is 11.8 Å². The van der Waals surface area contributed by atoms with Crippen molar-refractivity contribution in [2.75, 3.05) is 29.9 Å². The third kappa shape index (κ3) is 4.78. The maximum atomic E-state index is 12.0. The molecular weight excluding hydrogens is 330 g/mol. The van der Waals surface area contributed by atoms with Gasteiger partial charge in [-0.3, -0.25) is 14.6 Å². The lowest BCUT2D eigenvalue weighted by molar-refractivity contribution is -0.136. The second kappa shape index (κ2) is 8.42. The molecule has 2 amide bonds. The van der Waals surface area contributed by atoms with Gasteiger partial charge in [0.1, 0.15) is 5.82 Å². The average molecular weight is 353 g/mol. The molecule has 1 saturated heterocycles. The van der Waals surface area contributed by atoms with E-state index in [9.17, 15) is 9.59 Å². The van der Waals surface area contributed by atoms with E-state index in [0.717, 1.165) is 37.3 Å². The van der Waals surface area contributed by atoms with Crippen molar-refractivity contribution in [3.63, 3.8) is 0 Å². The third-order valence-corrected chi connectivity index (χ3v) is 4.52. The molecule has 1 aliphatic rings. The monoisotopic (exact) mass is 353 g/mol. The smallest absolute Gasteiger partial charge is 0.313 e. The number of carbonyl (C=O) groups is 2. The molecule has 0 unspecified atom stereocenters. The number of aryl methyl sites for hydroxylation is 1. The van der Waals surface area contributed by atoms with E-state index in [4.69, 9.17) is 0 Å². The van der Waals surface area contributed by atoms with E-state index in [1.165, 1.54) is 0 Å². The van der Waals surface area contributed by atoms with Gasteiger partial charge in [0.05, 0.1) is 6.20 Å². The van der Waals surface area contributed by atoms with Gasteiger partial charge in [0.25, 0.3) is 0 Å². The van der Waals surface area contributed by atoms with Crippen molar-refractivity contribution in [2.24, 2.45) is 5.92 Å². The Balaban J connectivity index is 1.42. The van der Waals surface area contributed by atoms with Crippen LogP contribution in [0.25, 0.3) is 0 Å². The molecule has 0 atom stereocenters. The normalized spacial score (nSPS) is 14.7. The number of hydrogen-bond acceptors (Lipinski definition) is 5. The van der Waals surface area contributed by atoms with Crippen molar-refractivity contribution >= 4 is 23.3 Å². The van der Waals surface area contributed by atoms with Crippen LogP contribution < -0.4 is 15.5 Å². The van der Waals surface area contributed by atoms with Crippen molar-refractivity contribution in [3.8, 4) is 0 Å². The van der Waals surface area contributed by atoms with E-state index in [2.05, 4.69) is 25.5 Å². The number of aromatic nitrogens is 2. The maximum Gasteiger partial charge on any atom is 0.313 e. The van der Waals surface area contributed by atoms with Crippen molar-refractivity contribution in [1.82, 2.24) is 15.3 Å². The molecule has 2 heterocycles. The summed E-state index contributed by atoms with van der Waals surface area (Å²) in [5, 5.41) is 5.37. The van der Waals surface area contributed by atoms with Crippen LogP contribution in [0.5, 0.6) is 0 Å². The van der Waals surface area contributed by atoms with Crippen LogP contribution in [0.3, 0.4) is 0 Å². The number of amides is 2. The van der Waals surface area contributed by atoms with Gasteiger partial charge in [0.15, 0.2) is 0 Å². The summed E-state index contributed by atoms with van der Waals surface area (Å²) in [5.74, 6) is 0.0154. The van der Waals surface area contributed by atoms with Gasteiger partial charge in [0.2, 0.25) is 0 Å². The number of hydrogen-bond donors (Lipinski definition) is 2. The molecule has 2 aromatic rings. The van der Waals surface area contributed by atoms with E-state index in [1.807, 2.05) is 25.1 Å². The third-order valence-electron chi connectivity index (χ3n) is 4.52. The number of piperidine rings is 1. The minimum Gasteiger partial charge on any atom is -0.355 e. The summed E-state index contributed by atoms with van der Waals surface area (Å²) in [6.07, 6.45) is 6.99. The molecule has 7 heteroatoms. The maximum absolute atomic E-state index is 12.0. The molecule has 0 spiro atoms. The molecule has 0 bridgehead atoms. The first-order chi connectivity index (χ1) is 12.6. The molecule has 0 aliphatic carbocycles. The minimum absolute atomic E-state index is 0.360. The number of nitrogens with one attached hydrogen (secondary N) is 2. The quantitative estimate of drug-likeness (QED) is 0.818. The fourth-order valence-electron chi connectivity index (χ4n) is 3.05. The molecule has 1 aliphatic heterocycles. The summed E-state index contributed by atoms with van der Waals surface area (Å²) in [6.45, 7) is 4.18. The van der Waals surface area contributed by atoms with Crippen molar-refractivity contribution in [1.29, 1.82) is 0 Å². The first kappa shape index (κ1) is 17.8. The lowest BCUT2D eigenvalue weighted by atomic mass is 9.97. The zero-order valence-corrected chi connectivity index (χ0v) is 14.8. The average Bonchev–Trinajstić information content (AvgIpc) is 2.67. The molecule has 7 nitrogen and oxygen atoms in total. The van der Waals surface area contributed by atoms with Gasteiger partial charge in [0, 0.05) is 37.7 Å². The first-order valence-corrected chi connectivity index (χ1v) is 8.78. The lowest BCUT2D eigenvalue weighted by Gasteiger charge is -2.32. The Bertz CT molecular complexity index is 758. The van der Waals surface area contributed by atoms with Crippen molar-refractivity contribution in [2.45, 2.75) is 19.8 Å². The summed E-state index contributed by atoms with van der Waals surface area (Å²) in [5.41, 5.74) is 1.65. The Hall–Kier alpha value is -2.96. The topological polar surface area (TPSA) is 87.2 Å². The first-order valence-electron chi connectivity index (χ1n) is 8.78. The zero-order valence-electron chi connectivity index (χ0n) is 14.8. The Morgan fingerprint density at radius 3 is 2.69 bits per heavy atom. The standard InChI is InChI=1S/C19H23N5O2/c1-14-3-2-4-16(11-14)23-19(26)18(25)22-12-15-5-9-24(10-6-15)17-13-20-7-8-21-17/h2-4,7-8,11,13,15H,5-6,9-10,12H2,1H3,(H,22,25)(H,23,26). The minimum atomic E-state index is -0.632. The molecule has 2 N–H and O–H groups in total. The Labute approximate surface area is 152 Å². The number of anilines is 2. The van der Waals surface area contributed by atoms with Crippen LogP contribution in [0.2, 0.25) is 0 Å². The number of nitrogens with zero attached hydrogens (tertiary/aromatic N) is 3. The van der Waals surface area contributed by atoms with Crippen LogP contribution in [0, 0.1) is 12.8 Å². The highest BCUT2D eigenvalue weighted by molar-refractivity contribution is 6.39. The highest BCUT2D eigenvalue weighted by atomic mass is 16.2. The second-order valence-corrected chi connectivity index (χ2v) is 6.53. The van der Waals surface area contributed by atoms with Gasteiger partial charge in [-0.2, -0.15) is 0 Å². The van der Waals surface area contributed by atoms with E-state index in [1.54, 1.807) is 24.7 Å². The molecule has 1 fully saturated rings. The molecule has 3 rings (SSSR count). The van der Waals surface area contributed by atoms with Crippen molar-refractivity contribution < 1.29 is 9.59 Å². The van der Waals surface area contributed by atoms with Crippen LogP contribution in [0.15, 0.2) is 42.9 Å². The Morgan fingerprint density at radius 1 is 1.19 bits per heavy atom. The van der Waals surface area contributed by atoms with Crippen LogP contribution in [0.4, 0.5) is 11.5 Å². The van der Waals surface area contributed by atoms with Gasteiger partial charge in [-0.25, -0.2) is 4.98 Å². The molecule has 0 saturated carbocycles. The van der Waals surface area contributed by atoms with Gasteiger partial charge in [-0.1, -0.05) is 12.1 Å². The Kier molecular flexibility index (Phi) is 5.78. The van der Waals surface area contributed by atoms with E-state index >= 15 is 0 Å². The Morgan fingerprint density at radius 2 is 2.00 bits per heavy atom. The van der Waals surface area contributed by atoms with Crippen LogP contribution in [-0.4, -0.2) is 41.4 Å². The SMILES string of the molecule is Cc1cccc(NC(=O)C(=O)NCC2CCN(c3cnccn3)CC2)c1. The van der Waals surface area contributed by atoms with Crippen LogP contribution >= 0.6 is 0 Å². The summed E-state index contributed by atoms with van der Waals surface area (Å²) in [4.78, 5) is 34.6. The van der Waals surface area contributed by atoms with Gasteiger partial charge in [-0.15, -0.1) is 0 Å². The fraction of sp³-hybridized carbons (Fsp3) is 0.368. The second-order valence-electron chi connectivity index (χ2n) is 6.53. The summed E-state index contributed by atoms with van der Waals surface area (Å²) in [7, 11) is 0. The van der Waals surface area contributed by atoms with Crippen LogP contribution in [0.1, 0.15) is 18.4 Å². The molecular formula is C19H23N5O2. The predicted octanol–water partition coefficient (Wildman–Crippen LogP) is 1.76. The summed E-state index contributed by atoms with van der Waals surface area (Å²) >= 11 is 0. The lowest BCUT2D eigenvalue weighted by Crippen LogP contribution is -2.42. The van der Waals surface area contributed by atoms with Gasteiger partial charge >= 0.3 is 11.8 Å². The zero-order chi connectivity index (χ0) is 18.4. The van der Waals surface area contributed by atoms with Crippen molar-refractivity contribution in [3.05, 3.63) is 48.4 Å². The molecule has 1 aromatic heterocycles. The summed E-state index contributed by atoms with van der Waals surface area (Å²) < 4.78 is 0. The predicted molar refractivity (Wildman–Crippen MR) is 99.8 cm³/mol. The number of rotatable bonds is 4. The largest absolute Gasteiger partial charge is 0.355 e. The van der Waals surface area contributed by atoms with Gasteiger partial charge < -0.3 is 15.5 Å². The molecule has 26 heavy (non-hydrogen) atoms. The summed E-state index contributed by atoms with van der Waals surface area (Å²) in [6, 6.07) is 7.37. The highest BCUT2D eigenvalue weighted by Crippen LogP contribution is 2.20. The van der Waals surface area contributed by atoms with Crippen LogP contribution in [-0.2, 0) is 9.59 Å². The number of benzene rings is 1. The number of carbonyl (C=O) groups excluding carboxylic acids is 2. The highest BCUT2D eigenvalue weighted by Gasteiger charge is 2.22. The molecule has 136 valence electrons.